The maximum absolute atomic E-state index is 13.0. The van der Waals surface area contributed by atoms with E-state index in [-0.39, 0.29) is 5.78 Å². The zero-order valence-electron chi connectivity index (χ0n) is 14.3. The molecule has 0 spiro atoms. The normalized spacial score (nSPS) is 11.0. The molecule has 5 heteroatoms. The lowest BCUT2D eigenvalue weighted by molar-refractivity contribution is 0.102. The summed E-state index contributed by atoms with van der Waals surface area (Å²) < 4.78 is 1.74. The second-order valence-electron chi connectivity index (χ2n) is 5.99. The third-order valence-corrected chi connectivity index (χ3v) is 5.17. The molecule has 0 N–H and O–H groups in total. The first-order valence-corrected chi connectivity index (χ1v) is 9.29. The Balaban J connectivity index is 1.74. The smallest absolute Gasteiger partial charge is 0.229 e. The van der Waals surface area contributed by atoms with Gasteiger partial charge in [0.2, 0.25) is 5.78 Å². The first-order valence-electron chi connectivity index (χ1n) is 8.31. The van der Waals surface area contributed by atoms with Crippen LogP contribution in [0.2, 0.25) is 0 Å². The number of ketones is 1. The number of fused-ring (bicyclic) bond motifs is 1. The molecule has 0 bridgehead atoms. The summed E-state index contributed by atoms with van der Waals surface area (Å²) in [5.74, 6) is 1.15. The van der Waals surface area contributed by atoms with Gasteiger partial charge in [-0.15, -0.1) is 11.8 Å². The van der Waals surface area contributed by atoms with Crippen molar-refractivity contribution in [2.45, 2.75) is 10.8 Å². The van der Waals surface area contributed by atoms with Crippen LogP contribution in [0, 0.1) is 0 Å². The largest absolute Gasteiger partial charge is 0.331 e. The van der Waals surface area contributed by atoms with Gasteiger partial charge in [-0.2, -0.15) is 0 Å². The van der Waals surface area contributed by atoms with Crippen molar-refractivity contribution < 1.29 is 4.79 Å². The number of pyridine rings is 1. The molecule has 2 heterocycles. The van der Waals surface area contributed by atoms with Crippen molar-refractivity contribution in [2.75, 3.05) is 0 Å². The number of benzene rings is 2. The molecular weight excluding hydrogens is 342 g/mol. The second-order valence-corrected chi connectivity index (χ2v) is 6.99. The lowest BCUT2D eigenvalue weighted by Crippen LogP contribution is -2.10. The highest BCUT2D eigenvalue weighted by Crippen LogP contribution is 2.27. The fraction of sp³-hybridized carbons (Fsp3) is 0.0952. The topological polar surface area (TPSA) is 47.8 Å². The van der Waals surface area contributed by atoms with E-state index in [2.05, 4.69) is 17.1 Å². The number of thioether (sulfide) groups is 1. The molecule has 0 fully saturated rings. The predicted octanol–water partition coefficient (Wildman–Crippen LogP) is 4.49. The van der Waals surface area contributed by atoms with Crippen molar-refractivity contribution in [3.8, 4) is 0 Å². The van der Waals surface area contributed by atoms with Crippen LogP contribution in [0.5, 0.6) is 0 Å². The Morgan fingerprint density at radius 3 is 2.62 bits per heavy atom. The van der Waals surface area contributed by atoms with E-state index in [4.69, 9.17) is 4.98 Å². The summed E-state index contributed by atoms with van der Waals surface area (Å²) >= 11 is 1.63. The molecule has 0 saturated heterocycles. The molecule has 0 unspecified atom stereocenters. The van der Waals surface area contributed by atoms with Crippen LogP contribution in [0.1, 0.15) is 21.7 Å². The highest BCUT2D eigenvalue weighted by molar-refractivity contribution is 7.98. The first-order chi connectivity index (χ1) is 12.7. The van der Waals surface area contributed by atoms with Gasteiger partial charge >= 0.3 is 0 Å². The van der Waals surface area contributed by atoms with Crippen molar-refractivity contribution in [3.05, 3.63) is 90.0 Å². The van der Waals surface area contributed by atoms with E-state index in [0.717, 1.165) is 21.7 Å². The zero-order chi connectivity index (χ0) is 17.9. The van der Waals surface area contributed by atoms with Gasteiger partial charge in [0, 0.05) is 36.1 Å². The van der Waals surface area contributed by atoms with Crippen molar-refractivity contribution in [3.63, 3.8) is 0 Å². The van der Waals surface area contributed by atoms with Crippen LogP contribution < -0.4 is 0 Å². The summed E-state index contributed by atoms with van der Waals surface area (Å²) in [6.45, 7) is 0. The zero-order valence-corrected chi connectivity index (χ0v) is 15.1. The van der Waals surface area contributed by atoms with E-state index in [1.165, 1.54) is 5.56 Å². The SMILES string of the molecule is Cn1ccnc1C(=O)c1cc(SCc2ccccc2)nc2ccccc12. The quantitative estimate of drug-likeness (QED) is 0.389. The molecule has 26 heavy (non-hydrogen) atoms. The fourth-order valence-electron chi connectivity index (χ4n) is 2.85. The minimum absolute atomic E-state index is 0.0855. The van der Waals surface area contributed by atoms with E-state index < -0.39 is 0 Å². The van der Waals surface area contributed by atoms with Crippen LogP contribution in [0.4, 0.5) is 0 Å². The Bertz CT molecular complexity index is 1070. The number of carbonyl (C=O) groups is 1. The van der Waals surface area contributed by atoms with Crippen LogP contribution in [0.15, 0.2) is 78.1 Å². The van der Waals surface area contributed by atoms with Gasteiger partial charge in [0.15, 0.2) is 5.82 Å². The number of para-hydroxylation sites is 1. The maximum atomic E-state index is 13.0. The van der Waals surface area contributed by atoms with Gasteiger partial charge < -0.3 is 4.57 Å². The summed E-state index contributed by atoms with van der Waals surface area (Å²) in [4.78, 5) is 22.0. The molecule has 0 radical (unpaired) electrons. The number of aryl methyl sites for hydroxylation is 1. The summed E-state index contributed by atoms with van der Waals surface area (Å²) in [6.07, 6.45) is 3.42. The van der Waals surface area contributed by atoms with Crippen LogP contribution in [-0.4, -0.2) is 20.3 Å². The Labute approximate surface area is 155 Å². The number of aromatic nitrogens is 3. The van der Waals surface area contributed by atoms with E-state index in [0.29, 0.717) is 11.4 Å². The average Bonchev–Trinajstić information content (AvgIpc) is 3.12. The first kappa shape index (κ1) is 16.5. The lowest BCUT2D eigenvalue weighted by atomic mass is 10.1. The van der Waals surface area contributed by atoms with Crippen molar-refractivity contribution in [1.82, 2.24) is 14.5 Å². The third-order valence-electron chi connectivity index (χ3n) is 4.19. The van der Waals surface area contributed by atoms with E-state index >= 15 is 0 Å². The van der Waals surface area contributed by atoms with Crippen LogP contribution in [0.25, 0.3) is 10.9 Å². The summed E-state index contributed by atoms with van der Waals surface area (Å²) in [5.41, 5.74) is 2.69. The number of carbonyl (C=O) groups excluding carboxylic acids is 1. The second kappa shape index (κ2) is 7.14. The minimum atomic E-state index is -0.0855. The maximum Gasteiger partial charge on any atom is 0.229 e. The van der Waals surface area contributed by atoms with Gasteiger partial charge in [0.25, 0.3) is 0 Å². The van der Waals surface area contributed by atoms with Gasteiger partial charge in [-0.3, -0.25) is 4.79 Å². The number of hydrogen-bond acceptors (Lipinski definition) is 4. The highest BCUT2D eigenvalue weighted by atomic mass is 32.2. The molecule has 0 aliphatic carbocycles. The minimum Gasteiger partial charge on any atom is -0.331 e. The Morgan fingerprint density at radius 2 is 1.85 bits per heavy atom. The summed E-state index contributed by atoms with van der Waals surface area (Å²) in [5, 5.41) is 1.69. The van der Waals surface area contributed by atoms with E-state index in [1.54, 1.807) is 28.7 Å². The van der Waals surface area contributed by atoms with Gasteiger partial charge in [-0.1, -0.05) is 48.5 Å². The standard InChI is InChI=1S/C21H17N3OS/c1-24-12-11-22-21(24)20(25)17-13-19(23-18-10-6-5-9-16(17)18)26-14-15-7-3-2-4-8-15/h2-13H,14H2,1H3. The molecule has 2 aromatic carbocycles. The number of imidazole rings is 1. The van der Waals surface area contributed by atoms with E-state index in [1.807, 2.05) is 55.6 Å². The average molecular weight is 359 g/mol. The Kier molecular flexibility index (Phi) is 4.54. The van der Waals surface area contributed by atoms with Gasteiger partial charge in [-0.25, -0.2) is 9.97 Å². The summed E-state index contributed by atoms with van der Waals surface area (Å²) in [6, 6.07) is 19.9. The predicted molar refractivity (Wildman–Crippen MR) is 104 cm³/mol. The molecule has 2 aromatic heterocycles. The van der Waals surface area contributed by atoms with Crippen LogP contribution in [-0.2, 0) is 12.8 Å². The van der Waals surface area contributed by atoms with Gasteiger partial charge in [-0.05, 0) is 17.7 Å². The number of rotatable bonds is 5. The molecule has 4 nitrogen and oxygen atoms in total. The lowest BCUT2D eigenvalue weighted by Gasteiger charge is -2.09. The van der Waals surface area contributed by atoms with Gasteiger partial charge in [0.1, 0.15) is 0 Å². The molecule has 4 rings (SSSR count). The molecule has 0 aliphatic rings. The molecule has 0 atom stereocenters. The van der Waals surface area contributed by atoms with Crippen molar-refractivity contribution in [1.29, 1.82) is 0 Å². The fourth-order valence-corrected chi connectivity index (χ4v) is 3.72. The molecule has 0 saturated carbocycles. The molecule has 0 aliphatic heterocycles. The number of hydrogen-bond donors (Lipinski definition) is 0. The Morgan fingerprint density at radius 1 is 1.08 bits per heavy atom. The number of nitrogens with zero attached hydrogens (tertiary/aromatic N) is 3. The van der Waals surface area contributed by atoms with Gasteiger partial charge in [0.05, 0.1) is 10.5 Å². The van der Waals surface area contributed by atoms with Crippen LogP contribution in [0.3, 0.4) is 0 Å². The molecule has 128 valence electrons. The summed E-state index contributed by atoms with van der Waals surface area (Å²) in [7, 11) is 1.83. The molecular formula is C21H17N3OS. The Hall–Kier alpha value is -2.92. The third kappa shape index (κ3) is 3.26. The monoisotopic (exact) mass is 359 g/mol. The molecule has 4 aromatic rings. The molecule has 0 amide bonds. The van der Waals surface area contributed by atoms with Crippen LogP contribution >= 0.6 is 11.8 Å². The van der Waals surface area contributed by atoms with Crippen molar-refractivity contribution in [2.24, 2.45) is 7.05 Å². The van der Waals surface area contributed by atoms with Crippen molar-refractivity contribution >= 4 is 28.4 Å². The van der Waals surface area contributed by atoms with E-state index in [9.17, 15) is 4.79 Å². The highest BCUT2D eigenvalue weighted by Gasteiger charge is 2.18.